The van der Waals surface area contributed by atoms with Crippen LogP contribution in [0.25, 0.3) is 0 Å². The van der Waals surface area contributed by atoms with Gasteiger partial charge in [-0.05, 0) is 35.9 Å². The molecule has 1 aliphatic heterocycles. The van der Waals surface area contributed by atoms with Crippen LogP contribution in [0.1, 0.15) is 21.3 Å². The molecular weight excluding hydrogens is 327 g/mol. The zero-order chi connectivity index (χ0) is 14.8. The second kappa shape index (κ2) is 6.26. The number of halogens is 2. The van der Waals surface area contributed by atoms with Crippen molar-refractivity contribution in [1.82, 2.24) is 9.88 Å². The predicted molar refractivity (Wildman–Crippen MR) is 86.9 cm³/mol. The summed E-state index contributed by atoms with van der Waals surface area (Å²) in [4.78, 5) is 18.6. The standard InChI is InChI=1S/C15H12Cl2N2OS/c16-11-1-2-12(13(17)9-11)14(20)19-7-8-21-15(19)10-3-5-18-6-4-10/h1-6,9,15H,7-8H2/t15-/m0/s1. The van der Waals surface area contributed by atoms with E-state index in [0.717, 1.165) is 11.3 Å². The number of hydrogen-bond donors (Lipinski definition) is 0. The number of pyridine rings is 1. The summed E-state index contributed by atoms with van der Waals surface area (Å²) < 4.78 is 0. The first kappa shape index (κ1) is 14.7. The van der Waals surface area contributed by atoms with Gasteiger partial charge in [0.1, 0.15) is 5.37 Å². The molecule has 1 aromatic carbocycles. The van der Waals surface area contributed by atoms with Crippen LogP contribution in [0.5, 0.6) is 0 Å². The molecule has 0 spiro atoms. The summed E-state index contributed by atoms with van der Waals surface area (Å²) in [7, 11) is 0. The molecule has 0 saturated carbocycles. The van der Waals surface area contributed by atoms with Gasteiger partial charge >= 0.3 is 0 Å². The molecular formula is C15H12Cl2N2OS. The summed E-state index contributed by atoms with van der Waals surface area (Å²) in [6.45, 7) is 0.704. The topological polar surface area (TPSA) is 33.2 Å². The number of thioether (sulfide) groups is 1. The van der Waals surface area contributed by atoms with Gasteiger partial charge in [0, 0.05) is 29.7 Å². The number of carbonyl (C=O) groups excluding carboxylic acids is 1. The number of hydrogen-bond acceptors (Lipinski definition) is 3. The van der Waals surface area contributed by atoms with Crippen LogP contribution in [0.15, 0.2) is 42.7 Å². The van der Waals surface area contributed by atoms with Crippen molar-refractivity contribution in [2.75, 3.05) is 12.3 Å². The van der Waals surface area contributed by atoms with Crippen LogP contribution in [0.4, 0.5) is 0 Å². The van der Waals surface area contributed by atoms with E-state index in [9.17, 15) is 4.79 Å². The SMILES string of the molecule is O=C(c1ccc(Cl)cc1Cl)N1CCS[C@H]1c1ccncc1. The lowest BCUT2D eigenvalue weighted by atomic mass is 10.1. The molecule has 0 bridgehead atoms. The Balaban J connectivity index is 1.90. The zero-order valence-electron chi connectivity index (χ0n) is 11.0. The van der Waals surface area contributed by atoms with Gasteiger partial charge in [0.05, 0.1) is 10.6 Å². The van der Waals surface area contributed by atoms with Gasteiger partial charge in [0.2, 0.25) is 0 Å². The summed E-state index contributed by atoms with van der Waals surface area (Å²) in [5.74, 6) is 0.840. The van der Waals surface area contributed by atoms with Crippen LogP contribution in [-0.4, -0.2) is 28.1 Å². The van der Waals surface area contributed by atoms with Crippen LogP contribution in [0.2, 0.25) is 10.0 Å². The van der Waals surface area contributed by atoms with Crippen LogP contribution >= 0.6 is 35.0 Å². The molecule has 1 aromatic heterocycles. The lowest BCUT2D eigenvalue weighted by Gasteiger charge is -2.24. The molecule has 3 nitrogen and oxygen atoms in total. The Morgan fingerprint density at radius 1 is 1.24 bits per heavy atom. The molecule has 0 N–H and O–H groups in total. The zero-order valence-corrected chi connectivity index (χ0v) is 13.3. The molecule has 1 atom stereocenters. The molecule has 3 rings (SSSR count). The van der Waals surface area contributed by atoms with E-state index in [4.69, 9.17) is 23.2 Å². The summed E-state index contributed by atoms with van der Waals surface area (Å²) in [5.41, 5.74) is 1.56. The third-order valence-corrected chi connectivity index (χ3v) is 5.11. The lowest BCUT2D eigenvalue weighted by Crippen LogP contribution is -2.30. The van der Waals surface area contributed by atoms with E-state index in [1.54, 1.807) is 42.4 Å². The van der Waals surface area contributed by atoms with Gasteiger partial charge in [-0.15, -0.1) is 11.8 Å². The van der Waals surface area contributed by atoms with Crippen LogP contribution < -0.4 is 0 Å². The number of benzene rings is 1. The first-order valence-corrected chi connectivity index (χ1v) is 8.25. The molecule has 1 fully saturated rings. The van der Waals surface area contributed by atoms with Gasteiger partial charge in [-0.2, -0.15) is 0 Å². The van der Waals surface area contributed by atoms with Gasteiger partial charge in [-0.1, -0.05) is 23.2 Å². The first-order chi connectivity index (χ1) is 10.2. The van der Waals surface area contributed by atoms with E-state index in [2.05, 4.69) is 4.98 Å². The molecule has 2 aromatic rings. The smallest absolute Gasteiger partial charge is 0.256 e. The van der Waals surface area contributed by atoms with Crippen molar-refractivity contribution >= 4 is 40.9 Å². The van der Waals surface area contributed by atoms with Crippen molar-refractivity contribution in [2.24, 2.45) is 0 Å². The summed E-state index contributed by atoms with van der Waals surface area (Å²) in [5, 5.41) is 0.920. The monoisotopic (exact) mass is 338 g/mol. The minimum absolute atomic E-state index is 0.00671. The largest absolute Gasteiger partial charge is 0.322 e. The van der Waals surface area contributed by atoms with Crippen molar-refractivity contribution in [1.29, 1.82) is 0 Å². The van der Waals surface area contributed by atoms with Gasteiger partial charge in [-0.25, -0.2) is 0 Å². The third kappa shape index (κ3) is 3.03. The molecule has 2 heterocycles. The number of aromatic nitrogens is 1. The number of carbonyl (C=O) groups is 1. The van der Waals surface area contributed by atoms with E-state index >= 15 is 0 Å². The Bertz CT molecular complexity index is 666. The summed E-state index contributed by atoms with van der Waals surface area (Å²) >= 11 is 13.8. The second-order valence-corrected chi connectivity index (χ2v) is 6.66. The van der Waals surface area contributed by atoms with Gasteiger partial charge in [0.25, 0.3) is 5.91 Å². The Morgan fingerprint density at radius 3 is 2.71 bits per heavy atom. The normalized spacial score (nSPS) is 18.0. The van der Waals surface area contributed by atoms with Gasteiger partial charge < -0.3 is 4.90 Å². The average Bonchev–Trinajstić information content (AvgIpc) is 2.97. The van der Waals surface area contributed by atoms with Crippen molar-refractivity contribution < 1.29 is 4.79 Å². The number of amides is 1. The Kier molecular flexibility index (Phi) is 4.38. The second-order valence-electron chi connectivity index (χ2n) is 4.63. The van der Waals surface area contributed by atoms with Crippen LogP contribution in [-0.2, 0) is 0 Å². The minimum atomic E-state index is -0.0662. The lowest BCUT2D eigenvalue weighted by molar-refractivity contribution is 0.0760. The highest BCUT2D eigenvalue weighted by atomic mass is 35.5. The van der Waals surface area contributed by atoms with Crippen molar-refractivity contribution in [3.05, 3.63) is 63.9 Å². The predicted octanol–water partition coefficient (Wildman–Crippen LogP) is 4.28. The molecule has 1 amide bonds. The van der Waals surface area contributed by atoms with Crippen LogP contribution in [0.3, 0.4) is 0 Å². The first-order valence-electron chi connectivity index (χ1n) is 6.44. The minimum Gasteiger partial charge on any atom is -0.322 e. The van der Waals surface area contributed by atoms with Gasteiger partial charge in [-0.3, -0.25) is 9.78 Å². The fraction of sp³-hybridized carbons (Fsp3) is 0.200. The fourth-order valence-corrected chi connectivity index (χ4v) is 4.05. The van der Waals surface area contributed by atoms with Gasteiger partial charge in [0.15, 0.2) is 0 Å². The summed E-state index contributed by atoms with van der Waals surface area (Å²) in [6, 6.07) is 8.84. The molecule has 1 aliphatic rings. The highest BCUT2D eigenvalue weighted by molar-refractivity contribution is 7.99. The highest BCUT2D eigenvalue weighted by Crippen LogP contribution is 2.39. The number of rotatable bonds is 2. The van der Waals surface area contributed by atoms with E-state index in [1.165, 1.54) is 0 Å². The fourth-order valence-electron chi connectivity index (χ4n) is 2.30. The average molecular weight is 339 g/mol. The Labute approximate surface area is 137 Å². The highest BCUT2D eigenvalue weighted by Gasteiger charge is 2.32. The quantitative estimate of drug-likeness (QED) is 0.819. The maximum Gasteiger partial charge on any atom is 0.256 e. The molecule has 0 radical (unpaired) electrons. The van der Waals surface area contributed by atoms with Crippen molar-refractivity contribution in [2.45, 2.75) is 5.37 Å². The molecule has 0 unspecified atom stereocenters. The molecule has 6 heteroatoms. The number of nitrogens with zero attached hydrogens (tertiary/aromatic N) is 2. The maximum atomic E-state index is 12.7. The van der Waals surface area contributed by atoms with E-state index in [-0.39, 0.29) is 11.3 Å². The molecule has 21 heavy (non-hydrogen) atoms. The summed E-state index contributed by atoms with van der Waals surface area (Å²) in [6.07, 6.45) is 3.48. The molecule has 0 aliphatic carbocycles. The molecule has 108 valence electrons. The van der Waals surface area contributed by atoms with E-state index in [1.807, 2.05) is 17.0 Å². The molecule has 1 saturated heterocycles. The Morgan fingerprint density at radius 2 is 2.00 bits per heavy atom. The van der Waals surface area contributed by atoms with E-state index < -0.39 is 0 Å². The third-order valence-electron chi connectivity index (χ3n) is 3.30. The maximum absolute atomic E-state index is 12.7. The van der Waals surface area contributed by atoms with Crippen molar-refractivity contribution in [3.63, 3.8) is 0 Å². The van der Waals surface area contributed by atoms with Crippen LogP contribution in [0, 0.1) is 0 Å². The van der Waals surface area contributed by atoms with E-state index in [0.29, 0.717) is 22.2 Å². The van der Waals surface area contributed by atoms with Crippen molar-refractivity contribution in [3.8, 4) is 0 Å². The Hall–Kier alpha value is -1.23.